The van der Waals surface area contributed by atoms with Crippen LogP contribution in [-0.2, 0) is 13.1 Å². The largest absolute Gasteiger partial charge is 0.346 e. The topological polar surface area (TPSA) is 105 Å². The van der Waals surface area contributed by atoms with Crippen molar-refractivity contribution in [3.8, 4) is 10.4 Å². The van der Waals surface area contributed by atoms with Crippen molar-refractivity contribution < 1.29 is 13.4 Å². The van der Waals surface area contributed by atoms with E-state index in [2.05, 4.69) is 15.4 Å². The molecule has 0 aliphatic rings. The zero-order chi connectivity index (χ0) is 19.7. The average Bonchev–Trinajstić information content (AvgIpc) is 3.41. The highest BCUT2D eigenvalue weighted by Crippen LogP contribution is 2.30. The minimum atomic E-state index is -1.88. The van der Waals surface area contributed by atoms with Crippen molar-refractivity contribution in [1.82, 2.24) is 24.7 Å². The Morgan fingerprint density at radius 1 is 1.18 bits per heavy atom. The number of thiophene rings is 1. The van der Waals surface area contributed by atoms with E-state index in [9.17, 15) is 13.6 Å². The molecule has 3 aromatic heterocycles. The van der Waals surface area contributed by atoms with Gasteiger partial charge in [-0.05, 0) is 40.1 Å². The second-order valence-corrected chi connectivity index (χ2v) is 7.17. The van der Waals surface area contributed by atoms with Crippen molar-refractivity contribution >= 4 is 22.4 Å². The summed E-state index contributed by atoms with van der Waals surface area (Å²) in [4.78, 5) is 14.3. The van der Waals surface area contributed by atoms with E-state index in [0.717, 1.165) is 20.0 Å². The van der Waals surface area contributed by atoms with Gasteiger partial charge in [0.25, 0.3) is 6.08 Å². The lowest BCUT2D eigenvalue weighted by molar-refractivity contribution is 0.315. The molecular formula is C17H14F2N6O2S. The number of nitrogens with zero attached hydrogens (tertiary/aromatic N) is 5. The molecule has 0 amide bonds. The Hall–Kier alpha value is -3.18. The van der Waals surface area contributed by atoms with Gasteiger partial charge in [0.2, 0.25) is 0 Å². The van der Waals surface area contributed by atoms with Crippen LogP contribution in [0.25, 0.3) is 21.5 Å². The van der Waals surface area contributed by atoms with Crippen LogP contribution in [0, 0.1) is 0 Å². The molecule has 0 atom stereocenters. The third kappa shape index (κ3) is 3.49. The Morgan fingerprint density at radius 3 is 2.79 bits per heavy atom. The number of nitrogens with two attached hydrogens (primary N) is 1. The molecule has 28 heavy (non-hydrogen) atoms. The van der Waals surface area contributed by atoms with Gasteiger partial charge >= 0.3 is 5.69 Å². The van der Waals surface area contributed by atoms with Gasteiger partial charge < -0.3 is 5.73 Å². The monoisotopic (exact) mass is 404 g/mol. The van der Waals surface area contributed by atoms with E-state index in [1.54, 1.807) is 0 Å². The van der Waals surface area contributed by atoms with Gasteiger partial charge in [0.05, 0.1) is 13.1 Å². The lowest BCUT2D eigenvalue weighted by Crippen LogP contribution is -2.27. The fraction of sp³-hybridized carbons (Fsp3) is 0.176. The number of rotatable bonds is 6. The van der Waals surface area contributed by atoms with Gasteiger partial charge in [-0.3, -0.25) is 4.57 Å². The summed E-state index contributed by atoms with van der Waals surface area (Å²) in [6, 6.07) is 9.46. The smallest absolute Gasteiger partial charge is 0.327 e. The Labute approximate surface area is 160 Å². The molecule has 0 unspecified atom stereocenters. The Bertz CT molecular complexity index is 1220. The zero-order valence-electron chi connectivity index (χ0n) is 14.4. The highest BCUT2D eigenvalue weighted by Gasteiger charge is 2.12. The van der Waals surface area contributed by atoms with Crippen LogP contribution in [0.5, 0.6) is 0 Å². The molecule has 144 valence electrons. The predicted octanol–water partition coefficient (Wildman–Crippen LogP) is 2.47. The normalized spacial score (nSPS) is 11.2. The summed E-state index contributed by atoms with van der Waals surface area (Å²) in [5, 5.41) is 11.5. The molecule has 0 aliphatic carbocycles. The van der Waals surface area contributed by atoms with Gasteiger partial charge in [-0.2, -0.15) is 13.9 Å². The molecule has 0 saturated carbocycles. The van der Waals surface area contributed by atoms with Crippen LogP contribution in [0.15, 0.2) is 57.7 Å². The van der Waals surface area contributed by atoms with Crippen molar-refractivity contribution in [2.45, 2.75) is 13.1 Å². The minimum absolute atomic E-state index is 0.289. The molecule has 11 heteroatoms. The molecule has 0 bridgehead atoms. The Morgan fingerprint density at radius 2 is 2.00 bits per heavy atom. The van der Waals surface area contributed by atoms with Crippen LogP contribution in [0.3, 0.4) is 0 Å². The molecule has 4 aromatic rings. The van der Waals surface area contributed by atoms with E-state index < -0.39 is 11.8 Å². The zero-order valence-corrected chi connectivity index (χ0v) is 15.2. The highest BCUT2D eigenvalue weighted by atomic mass is 32.1. The molecule has 0 radical (unpaired) electrons. The van der Waals surface area contributed by atoms with Crippen molar-refractivity contribution in [3.63, 3.8) is 0 Å². The first-order chi connectivity index (χ1) is 13.5. The van der Waals surface area contributed by atoms with Crippen molar-refractivity contribution in [1.29, 1.82) is 0 Å². The maximum atomic E-state index is 12.7. The summed E-state index contributed by atoms with van der Waals surface area (Å²) in [5.74, 6) is 0. The van der Waals surface area contributed by atoms with Crippen molar-refractivity contribution in [2.24, 2.45) is 5.73 Å². The summed E-state index contributed by atoms with van der Waals surface area (Å²) >= 11 is 1.51. The third-order valence-electron chi connectivity index (χ3n) is 4.18. The van der Waals surface area contributed by atoms with E-state index in [1.165, 1.54) is 22.2 Å². The maximum Gasteiger partial charge on any atom is 0.346 e. The van der Waals surface area contributed by atoms with Gasteiger partial charge in [-0.15, -0.1) is 11.3 Å². The summed E-state index contributed by atoms with van der Waals surface area (Å²) in [7, 11) is 0. The molecule has 0 saturated heterocycles. The SMILES string of the molecule is NCC(Cn1ncn(Cc2ccc(-c3ccc4nonc4c3)s2)c1=O)=C(F)F. The second kappa shape index (κ2) is 7.44. The summed E-state index contributed by atoms with van der Waals surface area (Å²) < 4.78 is 32.5. The molecule has 3 heterocycles. The van der Waals surface area contributed by atoms with Crippen LogP contribution in [0.2, 0.25) is 0 Å². The predicted molar refractivity (Wildman–Crippen MR) is 99.0 cm³/mol. The van der Waals surface area contributed by atoms with Gasteiger partial charge in [-0.25, -0.2) is 14.1 Å². The quantitative estimate of drug-likeness (QED) is 0.529. The number of hydrogen-bond donors (Lipinski definition) is 1. The third-order valence-corrected chi connectivity index (χ3v) is 5.30. The molecule has 1 aromatic carbocycles. The van der Waals surface area contributed by atoms with Gasteiger partial charge in [0, 0.05) is 21.9 Å². The first-order valence-corrected chi connectivity index (χ1v) is 9.03. The molecule has 0 aliphatic heterocycles. The first-order valence-electron chi connectivity index (χ1n) is 8.22. The standard InChI is InChI=1S/C17H14F2N6O2S/c18-16(19)11(6-20)7-25-17(26)24(9-21-25)8-12-2-4-15(28-12)10-1-3-13-14(5-10)23-27-22-13/h1-5,9H,6-8,20H2. The van der Waals surface area contributed by atoms with E-state index >= 15 is 0 Å². The second-order valence-electron chi connectivity index (χ2n) is 6.00. The maximum absolute atomic E-state index is 12.7. The Balaban J connectivity index is 1.54. The summed E-state index contributed by atoms with van der Waals surface area (Å²) in [6.45, 7) is -0.371. The van der Waals surface area contributed by atoms with Gasteiger partial charge in [-0.1, -0.05) is 6.07 Å². The summed E-state index contributed by atoms with van der Waals surface area (Å²) in [5.41, 5.74) is 6.79. The number of fused-ring (bicyclic) bond motifs is 1. The number of hydrogen-bond acceptors (Lipinski definition) is 7. The van der Waals surface area contributed by atoms with E-state index in [0.29, 0.717) is 11.0 Å². The number of halogens is 2. The van der Waals surface area contributed by atoms with Crippen molar-refractivity contribution in [2.75, 3.05) is 6.54 Å². The molecule has 2 N–H and O–H groups in total. The van der Waals surface area contributed by atoms with Gasteiger partial charge in [0.1, 0.15) is 17.4 Å². The lowest BCUT2D eigenvalue weighted by Gasteiger charge is -2.02. The van der Waals surface area contributed by atoms with Crippen LogP contribution in [0.4, 0.5) is 8.78 Å². The van der Waals surface area contributed by atoms with E-state index in [-0.39, 0.29) is 25.2 Å². The van der Waals surface area contributed by atoms with E-state index in [1.807, 2.05) is 30.3 Å². The Kier molecular flexibility index (Phi) is 4.84. The minimum Gasteiger partial charge on any atom is -0.327 e. The highest BCUT2D eigenvalue weighted by molar-refractivity contribution is 7.15. The van der Waals surface area contributed by atoms with Crippen LogP contribution >= 0.6 is 11.3 Å². The average molecular weight is 404 g/mol. The van der Waals surface area contributed by atoms with E-state index in [4.69, 9.17) is 10.4 Å². The van der Waals surface area contributed by atoms with Crippen molar-refractivity contribution in [3.05, 3.63) is 63.7 Å². The number of benzene rings is 1. The fourth-order valence-electron chi connectivity index (χ4n) is 2.69. The molecule has 0 fully saturated rings. The molecular weight excluding hydrogens is 390 g/mol. The number of aromatic nitrogens is 5. The molecule has 0 spiro atoms. The van der Waals surface area contributed by atoms with Crippen LogP contribution < -0.4 is 11.4 Å². The van der Waals surface area contributed by atoms with Crippen LogP contribution in [0.1, 0.15) is 4.88 Å². The first kappa shape index (κ1) is 18.2. The molecule has 8 nitrogen and oxygen atoms in total. The van der Waals surface area contributed by atoms with Gasteiger partial charge in [0.15, 0.2) is 0 Å². The fourth-order valence-corrected chi connectivity index (χ4v) is 3.70. The van der Waals surface area contributed by atoms with Crippen LogP contribution in [-0.4, -0.2) is 31.2 Å². The summed E-state index contributed by atoms with van der Waals surface area (Å²) in [6.07, 6.45) is -0.551. The lowest BCUT2D eigenvalue weighted by atomic mass is 10.1. The molecule has 4 rings (SSSR count).